The maximum atomic E-state index is 12.0. The van der Waals surface area contributed by atoms with E-state index in [1.165, 1.54) is 0 Å². The normalized spacial score (nSPS) is 16.5. The minimum absolute atomic E-state index is 0.100. The quantitative estimate of drug-likeness (QED) is 0.637. The van der Waals surface area contributed by atoms with Gasteiger partial charge in [0, 0.05) is 6.54 Å². The number of benzene rings is 1. The van der Waals surface area contributed by atoms with Gasteiger partial charge in [-0.05, 0) is 38.2 Å². The number of fused-ring (bicyclic) bond motifs is 1. The summed E-state index contributed by atoms with van der Waals surface area (Å²) in [7, 11) is 0. The Labute approximate surface area is 137 Å². The van der Waals surface area contributed by atoms with E-state index in [4.69, 9.17) is 0 Å². The molecule has 1 atom stereocenters. The Morgan fingerprint density at radius 1 is 1.22 bits per heavy atom. The molecule has 23 heavy (non-hydrogen) atoms. The number of nitrogens with zero attached hydrogens (tertiary/aromatic N) is 1. The fraction of sp³-hybridized carbons (Fsp3) is 0.529. The van der Waals surface area contributed by atoms with Crippen molar-refractivity contribution in [1.29, 1.82) is 0 Å². The lowest BCUT2D eigenvalue weighted by Crippen LogP contribution is -2.42. The number of carbonyl (C=O) groups excluding carboxylic acids is 2. The average Bonchev–Trinajstić information content (AvgIpc) is 2.55. The van der Waals surface area contributed by atoms with Crippen molar-refractivity contribution in [2.75, 3.05) is 36.8 Å². The van der Waals surface area contributed by atoms with Gasteiger partial charge in [0.25, 0.3) is 0 Å². The van der Waals surface area contributed by atoms with E-state index in [0.29, 0.717) is 6.54 Å². The van der Waals surface area contributed by atoms with Crippen LogP contribution in [0.15, 0.2) is 24.3 Å². The number of hydrogen-bond donors (Lipinski definition) is 3. The number of anilines is 2. The molecule has 126 valence electrons. The van der Waals surface area contributed by atoms with Gasteiger partial charge in [-0.1, -0.05) is 26.0 Å². The molecule has 1 heterocycles. The van der Waals surface area contributed by atoms with Crippen molar-refractivity contribution < 1.29 is 9.59 Å². The summed E-state index contributed by atoms with van der Waals surface area (Å²) in [5, 5.41) is 8.84. The van der Waals surface area contributed by atoms with Crippen molar-refractivity contribution in [3.8, 4) is 0 Å². The van der Waals surface area contributed by atoms with Crippen LogP contribution < -0.4 is 16.0 Å². The second kappa shape index (κ2) is 8.53. The molecule has 3 N–H and O–H groups in total. The zero-order valence-corrected chi connectivity index (χ0v) is 13.9. The maximum Gasteiger partial charge on any atom is 0.247 e. The predicted octanol–water partition coefficient (Wildman–Crippen LogP) is 1.66. The van der Waals surface area contributed by atoms with Crippen LogP contribution in [0.4, 0.5) is 11.4 Å². The van der Waals surface area contributed by atoms with Gasteiger partial charge in [0.15, 0.2) is 0 Å². The molecule has 0 spiro atoms. The van der Waals surface area contributed by atoms with Crippen molar-refractivity contribution in [1.82, 2.24) is 10.2 Å². The Hall–Kier alpha value is -2.08. The molecule has 0 aromatic heterocycles. The van der Waals surface area contributed by atoms with E-state index in [-0.39, 0.29) is 18.2 Å². The van der Waals surface area contributed by atoms with Crippen molar-refractivity contribution in [3.63, 3.8) is 0 Å². The van der Waals surface area contributed by atoms with Crippen LogP contribution in [0.3, 0.4) is 0 Å². The van der Waals surface area contributed by atoms with Crippen molar-refractivity contribution in [2.45, 2.75) is 32.7 Å². The monoisotopic (exact) mass is 318 g/mol. The van der Waals surface area contributed by atoms with Gasteiger partial charge in [-0.3, -0.25) is 9.59 Å². The highest BCUT2D eigenvalue weighted by atomic mass is 16.2. The fourth-order valence-electron chi connectivity index (χ4n) is 2.66. The van der Waals surface area contributed by atoms with Crippen LogP contribution in [0.5, 0.6) is 0 Å². The number of para-hydroxylation sites is 2. The molecule has 1 aliphatic rings. The molecule has 1 aromatic rings. The van der Waals surface area contributed by atoms with Crippen molar-refractivity contribution in [2.24, 2.45) is 0 Å². The molecule has 1 aliphatic heterocycles. The lowest BCUT2D eigenvalue weighted by molar-refractivity contribution is -0.125. The van der Waals surface area contributed by atoms with Gasteiger partial charge >= 0.3 is 0 Å². The molecule has 0 saturated carbocycles. The first-order valence-corrected chi connectivity index (χ1v) is 8.29. The molecule has 2 amide bonds. The number of rotatable bonds is 8. The standard InChI is InChI=1S/C17H26N4O2/c1-3-21(4-2)11-7-10-18-16(22)12-15-17(23)20-14-9-6-5-8-13(14)19-15/h5-6,8-9,15,19H,3-4,7,10-12H2,1-2H3,(H,18,22)(H,20,23). The molecular weight excluding hydrogens is 292 g/mol. The van der Waals surface area contributed by atoms with E-state index in [1.807, 2.05) is 24.3 Å². The van der Waals surface area contributed by atoms with Gasteiger partial charge in [-0.15, -0.1) is 0 Å². The molecule has 0 radical (unpaired) electrons. The van der Waals surface area contributed by atoms with Gasteiger partial charge in [0.05, 0.1) is 17.8 Å². The van der Waals surface area contributed by atoms with E-state index in [1.54, 1.807) is 0 Å². The summed E-state index contributed by atoms with van der Waals surface area (Å²) in [6.07, 6.45) is 1.06. The average molecular weight is 318 g/mol. The predicted molar refractivity (Wildman–Crippen MR) is 92.5 cm³/mol. The molecule has 2 rings (SSSR count). The van der Waals surface area contributed by atoms with Crippen LogP contribution >= 0.6 is 0 Å². The zero-order chi connectivity index (χ0) is 16.7. The van der Waals surface area contributed by atoms with E-state index < -0.39 is 6.04 Å². The smallest absolute Gasteiger partial charge is 0.247 e. The summed E-state index contributed by atoms with van der Waals surface area (Å²) in [6.45, 7) is 7.93. The highest BCUT2D eigenvalue weighted by Crippen LogP contribution is 2.26. The third kappa shape index (κ3) is 4.96. The van der Waals surface area contributed by atoms with Crippen LogP contribution in [0, 0.1) is 0 Å². The molecule has 0 saturated heterocycles. The molecular formula is C17H26N4O2. The van der Waals surface area contributed by atoms with Crippen LogP contribution in [0.25, 0.3) is 0 Å². The van der Waals surface area contributed by atoms with E-state index in [2.05, 4.69) is 34.7 Å². The number of carbonyl (C=O) groups is 2. The lowest BCUT2D eigenvalue weighted by Gasteiger charge is -2.26. The fourth-order valence-corrected chi connectivity index (χ4v) is 2.66. The van der Waals surface area contributed by atoms with Crippen LogP contribution in [-0.4, -0.2) is 48.9 Å². The Kier molecular flexibility index (Phi) is 6.40. The van der Waals surface area contributed by atoms with Gasteiger partial charge in [0.1, 0.15) is 6.04 Å². The molecule has 6 nitrogen and oxygen atoms in total. The largest absolute Gasteiger partial charge is 0.372 e. The van der Waals surface area contributed by atoms with Crippen LogP contribution in [0.1, 0.15) is 26.7 Å². The van der Waals surface area contributed by atoms with Crippen molar-refractivity contribution >= 4 is 23.2 Å². The minimum atomic E-state index is -0.521. The summed E-state index contributed by atoms with van der Waals surface area (Å²) < 4.78 is 0. The molecule has 6 heteroatoms. The summed E-state index contributed by atoms with van der Waals surface area (Å²) >= 11 is 0. The number of amides is 2. The lowest BCUT2D eigenvalue weighted by atomic mass is 10.1. The van der Waals surface area contributed by atoms with Crippen molar-refractivity contribution in [3.05, 3.63) is 24.3 Å². The van der Waals surface area contributed by atoms with Gasteiger partial charge in [-0.25, -0.2) is 0 Å². The highest BCUT2D eigenvalue weighted by molar-refractivity contribution is 6.04. The third-order valence-electron chi connectivity index (χ3n) is 4.09. The van der Waals surface area contributed by atoms with Gasteiger partial charge in [-0.2, -0.15) is 0 Å². The Morgan fingerprint density at radius 3 is 2.61 bits per heavy atom. The second-order valence-electron chi connectivity index (χ2n) is 5.67. The summed E-state index contributed by atoms with van der Waals surface area (Å²) in [5.74, 6) is -0.265. The topological polar surface area (TPSA) is 73.5 Å². The summed E-state index contributed by atoms with van der Waals surface area (Å²) in [6, 6.07) is 6.97. The molecule has 0 fully saturated rings. The first-order valence-electron chi connectivity index (χ1n) is 8.29. The molecule has 1 unspecified atom stereocenters. The molecule has 0 bridgehead atoms. The zero-order valence-electron chi connectivity index (χ0n) is 13.9. The Morgan fingerprint density at radius 2 is 1.91 bits per heavy atom. The summed E-state index contributed by atoms with van der Waals surface area (Å²) in [5.41, 5.74) is 1.61. The third-order valence-corrected chi connectivity index (χ3v) is 4.09. The number of hydrogen-bond acceptors (Lipinski definition) is 4. The molecule has 1 aromatic carbocycles. The first-order chi connectivity index (χ1) is 11.1. The van der Waals surface area contributed by atoms with E-state index in [0.717, 1.165) is 37.4 Å². The highest BCUT2D eigenvalue weighted by Gasteiger charge is 2.27. The van der Waals surface area contributed by atoms with E-state index >= 15 is 0 Å². The Balaban J connectivity index is 1.74. The maximum absolute atomic E-state index is 12.0. The van der Waals surface area contributed by atoms with Gasteiger partial charge in [0.2, 0.25) is 11.8 Å². The number of nitrogens with one attached hydrogen (secondary N) is 3. The van der Waals surface area contributed by atoms with Gasteiger partial charge < -0.3 is 20.9 Å². The van der Waals surface area contributed by atoms with Crippen LogP contribution in [-0.2, 0) is 9.59 Å². The minimum Gasteiger partial charge on any atom is -0.372 e. The summed E-state index contributed by atoms with van der Waals surface area (Å²) in [4.78, 5) is 26.4. The first kappa shape index (κ1) is 17.3. The second-order valence-corrected chi connectivity index (χ2v) is 5.67. The Bertz CT molecular complexity index is 543. The SMILES string of the molecule is CCN(CC)CCCNC(=O)CC1Nc2ccccc2NC1=O. The van der Waals surface area contributed by atoms with E-state index in [9.17, 15) is 9.59 Å². The van der Waals surface area contributed by atoms with Crippen LogP contribution in [0.2, 0.25) is 0 Å². The molecule has 0 aliphatic carbocycles.